The molecule has 0 bridgehead atoms. The molecule has 9 nitrogen and oxygen atoms in total. The summed E-state index contributed by atoms with van der Waals surface area (Å²) in [4.78, 5) is 54.2. The Bertz CT molecular complexity index is 780. The van der Waals surface area contributed by atoms with E-state index < -0.39 is 17.0 Å². The Morgan fingerprint density at radius 3 is 2.60 bits per heavy atom. The summed E-state index contributed by atoms with van der Waals surface area (Å²) in [6.07, 6.45) is 2.11. The summed E-state index contributed by atoms with van der Waals surface area (Å²) in [7, 11) is 3.34. The molecule has 1 aromatic rings. The number of aromatic amines is 1. The van der Waals surface area contributed by atoms with Gasteiger partial charge in [-0.2, -0.15) is 0 Å². The van der Waals surface area contributed by atoms with Crippen LogP contribution in [-0.2, 0) is 11.3 Å². The number of ketones is 1. The maximum Gasteiger partial charge on any atom is 0.329 e. The van der Waals surface area contributed by atoms with Gasteiger partial charge in [-0.25, -0.2) is 4.79 Å². The molecule has 0 radical (unpaired) electrons. The zero-order valence-corrected chi connectivity index (χ0v) is 14.9. The maximum atomic E-state index is 12.7. The minimum Gasteiger partial charge on any atom is -0.384 e. The van der Waals surface area contributed by atoms with Crippen molar-refractivity contribution in [3.05, 3.63) is 26.4 Å². The lowest BCUT2D eigenvalue weighted by molar-refractivity contribution is -0.133. The maximum absolute atomic E-state index is 12.7. The number of nitrogens with two attached hydrogens (primary N) is 1. The number of anilines is 1. The van der Waals surface area contributed by atoms with Crippen molar-refractivity contribution in [3.63, 3.8) is 0 Å². The summed E-state index contributed by atoms with van der Waals surface area (Å²) < 4.78 is 1.20. The van der Waals surface area contributed by atoms with Crippen LogP contribution in [0.4, 0.5) is 5.82 Å². The second-order valence-electron chi connectivity index (χ2n) is 6.46. The first kappa shape index (κ1) is 18.9. The molecule has 3 N–H and O–H groups in total. The third kappa shape index (κ3) is 3.81. The zero-order chi connectivity index (χ0) is 18.7. The average molecular weight is 351 g/mol. The predicted octanol–water partition coefficient (Wildman–Crippen LogP) is -0.736. The van der Waals surface area contributed by atoms with Crippen LogP contribution in [0.5, 0.6) is 0 Å². The van der Waals surface area contributed by atoms with Gasteiger partial charge < -0.3 is 10.6 Å². The number of hydrogen-bond donors (Lipinski definition) is 2. The first-order valence-electron chi connectivity index (χ1n) is 8.38. The van der Waals surface area contributed by atoms with Crippen LogP contribution in [0.3, 0.4) is 0 Å². The molecule has 0 saturated carbocycles. The number of likely N-dealkylation sites (N-methyl/N-ethyl adjacent to an activating group) is 1. The molecule has 1 aliphatic rings. The first-order valence-corrected chi connectivity index (χ1v) is 8.38. The molecule has 0 aromatic carbocycles. The van der Waals surface area contributed by atoms with E-state index >= 15 is 0 Å². The van der Waals surface area contributed by atoms with Crippen LogP contribution in [0.2, 0.25) is 0 Å². The summed E-state index contributed by atoms with van der Waals surface area (Å²) in [5, 5.41) is 0. The van der Waals surface area contributed by atoms with Crippen molar-refractivity contribution >= 4 is 17.5 Å². The van der Waals surface area contributed by atoms with E-state index in [-0.39, 0.29) is 29.9 Å². The summed E-state index contributed by atoms with van der Waals surface area (Å²) >= 11 is 0. The van der Waals surface area contributed by atoms with E-state index in [2.05, 4.69) is 4.98 Å². The van der Waals surface area contributed by atoms with Crippen molar-refractivity contribution in [2.24, 2.45) is 0 Å². The highest BCUT2D eigenvalue weighted by Gasteiger charge is 2.34. The smallest absolute Gasteiger partial charge is 0.329 e. The van der Waals surface area contributed by atoms with Gasteiger partial charge in [-0.15, -0.1) is 0 Å². The number of hydrogen-bond acceptors (Lipinski definition) is 6. The van der Waals surface area contributed by atoms with Gasteiger partial charge in [0, 0.05) is 20.6 Å². The fourth-order valence-corrected chi connectivity index (χ4v) is 3.16. The SMILES string of the molecule is CCCn1c(N)c(C(=O)CN2CCC[C@H]2C(=O)N(C)C)c(=O)[nH]c1=O. The van der Waals surface area contributed by atoms with E-state index in [0.717, 1.165) is 6.42 Å². The lowest BCUT2D eigenvalue weighted by Crippen LogP contribution is -2.45. The highest BCUT2D eigenvalue weighted by Crippen LogP contribution is 2.19. The van der Waals surface area contributed by atoms with Gasteiger partial charge in [-0.3, -0.25) is 28.8 Å². The van der Waals surface area contributed by atoms with Gasteiger partial charge in [0.25, 0.3) is 5.56 Å². The van der Waals surface area contributed by atoms with Crippen molar-refractivity contribution in [2.45, 2.75) is 38.8 Å². The van der Waals surface area contributed by atoms with Gasteiger partial charge in [-0.1, -0.05) is 6.92 Å². The van der Waals surface area contributed by atoms with Crippen molar-refractivity contribution in [3.8, 4) is 0 Å². The van der Waals surface area contributed by atoms with Crippen LogP contribution >= 0.6 is 0 Å². The predicted molar refractivity (Wildman–Crippen MR) is 93.6 cm³/mol. The van der Waals surface area contributed by atoms with Crippen LogP contribution in [-0.4, -0.2) is 64.3 Å². The Morgan fingerprint density at radius 2 is 2.00 bits per heavy atom. The molecule has 1 aliphatic heterocycles. The molecule has 1 amide bonds. The number of H-pyrrole nitrogens is 1. The number of carbonyl (C=O) groups excluding carboxylic acids is 2. The third-order valence-electron chi connectivity index (χ3n) is 4.40. The number of Topliss-reactive ketones (excluding diaryl/α,β-unsaturated/α-hetero) is 1. The van der Waals surface area contributed by atoms with Crippen molar-refractivity contribution in [2.75, 3.05) is 32.9 Å². The molecule has 1 fully saturated rings. The van der Waals surface area contributed by atoms with Crippen molar-refractivity contribution in [1.29, 1.82) is 0 Å². The number of likely N-dealkylation sites (tertiary alicyclic amines) is 1. The van der Waals surface area contributed by atoms with Gasteiger partial charge in [0.1, 0.15) is 11.4 Å². The third-order valence-corrected chi connectivity index (χ3v) is 4.40. The number of carbonyl (C=O) groups is 2. The molecule has 0 aliphatic carbocycles. The normalized spacial score (nSPS) is 17.6. The molecule has 9 heteroatoms. The molecule has 138 valence electrons. The number of nitrogens with zero attached hydrogens (tertiary/aromatic N) is 3. The van der Waals surface area contributed by atoms with Gasteiger partial charge in [0.05, 0.1) is 12.6 Å². The van der Waals surface area contributed by atoms with Crippen molar-refractivity contribution < 1.29 is 9.59 Å². The quantitative estimate of drug-likeness (QED) is 0.651. The van der Waals surface area contributed by atoms with Gasteiger partial charge >= 0.3 is 5.69 Å². The summed E-state index contributed by atoms with van der Waals surface area (Å²) in [6, 6.07) is -0.374. The number of amides is 1. The molecular formula is C16H25N5O4. The van der Waals surface area contributed by atoms with E-state index in [9.17, 15) is 19.2 Å². The van der Waals surface area contributed by atoms with Crippen LogP contribution in [0, 0.1) is 0 Å². The molecule has 0 unspecified atom stereocenters. The second-order valence-corrected chi connectivity index (χ2v) is 6.46. The summed E-state index contributed by atoms with van der Waals surface area (Å²) in [5.41, 5.74) is 4.30. The molecule has 1 atom stereocenters. The highest BCUT2D eigenvalue weighted by molar-refractivity contribution is 6.01. The fourth-order valence-electron chi connectivity index (χ4n) is 3.16. The van der Waals surface area contributed by atoms with E-state index in [4.69, 9.17) is 5.73 Å². The standard InChI is InChI=1S/C16H25N5O4/c1-4-7-21-13(17)12(14(23)18-16(21)25)11(22)9-20-8-5-6-10(20)15(24)19(2)3/h10H,4-9,17H2,1-3H3,(H,18,23,25)/t10-/m0/s1. The van der Waals surface area contributed by atoms with Crippen LogP contribution < -0.4 is 17.0 Å². The van der Waals surface area contributed by atoms with E-state index in [1.165, 1.54) is 9.47 Å². The highest BCUT2D eigenvalue weighted by atomic mass is 16.2. The van der Waals surface area contributed by atoms with Crippen LogP contribution in [0.25, 0.3) is 0 Å². The Kier molecular flexibility index (Phi) is 5.78. The van der Waals surface area contributed by atoms with Gasteiger partial charge in [0.15, 0.2) is 5.78 Å². The molecule has 2 rings (SSSR count). The minimum absolute atomic E-state index is 0.0665. The Balaban J connectivity index is 2.29. The van der Waals surface area contributed by atoms with Crippen molar-refractivity contribution in [1.82, 2.24) is 19.4 Å². The second kappa shape index (κ2) is 7.64. The largest absolute Gasteiger partial charge is 0.384 e. The summed E-state index contributed by atoms with van der Waals surface area (Å²) in [6.45, 7) is 2.69. The lowest BCUT2D eigenvalue weighted by atomic mass is 10.1. The Hall–Kier alpha value is -2.42. The Morgan fingerprint density at radius 1 is 1.32 bits per heavy atom. The van der Waals surface area contributed by atoms with Crippen LogP contribution in [0.1, 0.15) is 36.5 Å². The number of nitrogen functional groups attached to an aromatic ring is 1. The topological polar surface area (TPSA) is 121 Å². The monoisotopic (exact) mass is 351 g/mol. The lowest BCUT2D eigenvalue weighted by Gasteiger charge is -2.25. The fraction of sp³-hybridized carbons (Fsp3) is 0.625. The molecule has 1 aromatic heterocycles. The molecule has 2 heterocycles. The van der Waals surface area contributed by atoms with Gasteiger partial charge in [0.2, 0.25) is 5.91 Å². The molecular weight excluding hydrogens is 326 g/mol. The number of rotatable bonds is 6. The first-order chi connectivity index (χ1) is 11.8. The average Bonchev–Trinajstić information content (AvgIpc) is 2.98. The molecule has 1 saturated heterocycles. The summed E-state index contributed by atoms with van der Waals surface area (Å²) in [5.74, 6) is -0.666. The van der Waals surface area contributed by atoms with E-state index in [1.807, 2.05) is 6.92 Å². The number of nitrogens with one attached hydrogen (secondary N) is 1. The molecule has 0 spiro atoms. The minimum atomic E-state index is -0.783. The van der Waals surface area contributed by atoms with E-state index in [1.54, 1.807) is 19.0 Å². The number of aromatic nitrogens is 2. The Labute approximate surface area is 145 Å². The van der Waals surface area contributed by atoms with Gasteiger partial charge in [-0.05, 0) is 25.8 Å². The van der Waals surface area contributed by atoms with E-state index in [0.29, 0.717) is 25.9 Å². The molecule has 25 heavy (non-hydrogen) atoms. The van der Waals surface area contributed by atoms with Crippen LogP contribution in [0.15, 0.2) is 9.59 Å². The zero-order valence-electron chi connectivity index (χ0n) is 14.9.